The molecule has 3 atom stereocenters. The molecule has 3 rings (SSSR count). The predicted molar refractivity (Wildman–Crippen MR) is 137 cm³/mol. The van der Waals surface area contributed by atoms with Crippen LogP contribution in [0.2, 0.25) is 5.02 Å². The van der Waals surface area contributed by atoms with E-state index in [-0.39, 0.29) is 18.2 Å². The zero-order valence-electron chi connectivity index (χ0n) is 19.9. The van der Waals surface area contributed by atoms with E-state index in [0.29, 0.717) is 22.1 Å². The largest absolute Gasteiger partial charge is 0.416 e. The fourth-order valence-electron chi connectivity index (χ4n) is 3.34. The fraction of sp³-hybridized carbons (Fsp3) is 0.304. The number of hydrogen-bond donors (Lipinski definition) is 1. The van der Waals surface area contributed by atoms with Crippen molar-refractivity contribution in [1.29, 1.82) is 0 Å². The van der Waals surface area contributed by atoms with Crippen molar-refractivity contribution < 1.29 is 22.8 Å². The summed E-state index contributed by atoms with van der Waals surface area (Å²) in [4.78, 5) is 17.6. The molecule has 37 heavy (non-hydrogen) atoms. The minimum Gasteiger partial charge on any atom is -0.382 e. The van der Waals surface area contributed by atoms with Gasteiger partial charge in [-0.3, -0.25) is 4.57 Å². The highest BCUT2D eigenvalue weighted by atomic mass is 35.5. The van der Waals surface area contributed by atoms with Crippen molar-refractivity contribution in [3.8, 4) is 11.4 Å². The monoisotopic (exact) mass is 556 g/mol. The van der Waals surface area contributed by atoms with Gasteiger partial charge in [-0.1, -0.05) is 36.4 Å². The molecule has 0 radical (unpaired) electrons. The molecule has 198 valence electrons. The first-order chi connectivity index (χ1) is 17.5. The molecule has 3 unspecified atom stereocenters. The third-order valence-corrected chi connectivity index (χ3v) is 5.90. The summed E-state index contributed by atoms with van der Waals surface area (Å²) in [7, 11) is 2.15. The zero-order valence-corrected chi connectivity index (χ0v) is 21.8. The Labute approximate surface area is 217 Å². The van der Waals surface area contributed by atoms with Crippen LogP contribution in [0.25, 0.3) is 17.1 Å². The van der Waals surface area contributed by atoms with E-state index in [1.54, 1.807) is 38.2 Å². The molecule has 0 aliphatic carbocycles. The van der Waals surface area contributed by atoms with Crippen LogP contribution in [-0.4, -0.2) is 46.5 Å². The van der Waals surface area contributed by atoms with Crippen LogP contribution < -0.4 is 5.69 Å². The van der Waals surface area contributed by atoms with Crippen LogP contribution in [0.1, 0.15) is 31.6 Å². The number of aliphatic hydroxyl groups excluding tert-OH is 1. The Morgan fingerprint density at radius 1 is 1.30 bits per heavy atom. The van der Waals surface area contributed by atoms with Gasteiger partial charge in [0.15, 0.2) is 23.6 Å². The van der Waals surface area contributed by atoms with Gasteiger partial charge >= 0.3 is 11.9 Å². The van der Waals surface area contributed by atoms with Crippen LogP contribution in [0.15, 0.2) is 59.9 Å². The summed E-state index contributed by atoms with van der Waals surface area (Å²) in [5.74, 6) is 0.514. The van der Waals surface area contributed by atoms with Crippen molar-refractivity contribution in [1.82, 2.24) is 29.1 Å². The molecule has 3 aromatic rings. The maximum Gasteiger partial charge on any atom is 0.416 e. The molecule has 0 fully saturated rings. The maximum atomic E-state index is 13.1. The quantitative estimate of drug-likeness (QED) is 0.293. The van der Waals surface area contributed by atoms with Crippen LogP contribution in [0.3, 0.4) is 0 Å². The summed E-state index contributed by atoms with van der Waals surface area (Å²) in [6.45, 7) is 5.91. The smallest absolute Gasteiger partial charge is 0.382 e. The number of alkyl halides is 3. The molecular weight excluding hydrogens is 532 g/mol. The number of aromatic nitrogens is 6. The minimum absolute atomic E-state index is 0.0747. The number of benzene rings is 1. The SMILES string of the molecule is C=C/C=C\C(=C/C)n1nc(Cn2nc(-c3ccc(Cl)cc3)n(CC(O)C(F)(F)F)c2=O)nc1C(C)OP. The molecule has 1 aromatic carbocycles. The third kappa shape index (κ3) is 6.64. The lowest BCUT2D eigenvalue weighted by atomic mass is 10.2. The lowest BCUT2D eigenvalue weighted by molar-refractivity contribution is -0.207. The molecule has 14 heteroatoms. The van der Waals surface area contributed by atoms with Gasteiger partial charge in [-0.05, 0) is 44.2 Å². The van der Waals surface area contributed by atoms with Crippen LogP contribution in [0.5, 0.6) is 0 Å². The normalized spacial score (nSPS) is 14.3. The number of allylic oxidation sites excluding steroid dienone is 5. The average Bonchev–Trinajstić information content (AvgIpc) is 3.41. The van der Waals surface area contributed by atoms with Crippen LogP contribution in [0.4, 0.5) is 13.2 Å². The number of hydrogen-bond acceptors (Lipinski definition) is 6. The number of halogens is 4. The van der Waals surface area contributed by atoms with Crippen LogP contribution in [-0.2, 0) is 17.6 Å². The van der Waals surface area contributed by atoms with Crippen LogP contribution in [0, 0.1) is 0 Å². The van der Waals surface area contributed by atoms with E-state index >= 15 is 0 Å². The summed E-state index contributed by atoms with van der Waals surface area (Å²) in [5.41, 5.74) is 0.111. The minimum atomic E-state index is -4.93. The summed E-state index contributed by atoms with van der Waals surface area (Å²) in [6, 6.07) is 6.05. The lowest BCUT2D eigenvalue weighted by Crippen LogP contribution is -2.37. The lowest BCUT2D eigenvalue weighted by Gasteiger charge is -2.15. The van der Waals surface area contributed by atoms with Crippen molar-refractivity contribution in [2.75, 3.05) is 0 Å². The number of aliphatic hydroxyl groups is 1. The van der Waals surface area contributed by atoms with E-state index in [9.17, 15) is 23.1 Å². The molecule has 9 nitrogen and oxygen atoms in total. The summed E-state index contributed by atoms with van der Waals surface area (Å²) < 4.78 is 47.8. The second kappa shape index (κ2) is 12.0. The summed E-state index contributed by atoms with van der Waals surface area (Å²) >= 11 is 5.92. The molecular formula is C23H25ClF3N6O3P. The summed E-state index contributed by atoms with van der Waals surface area (Å²) in [6.07, 6.45) is -1.35. The van der Waals surface area contributed by atoms with Crippen molar-refractivity contribution in [2.24, 2.45) is 0 Å². The standard InChI is InChI=1S/C23H25ClF3N6O3P/c1-4-6-7-17(5-2)33-20(14(3)36-37)28-19(29-33)13-32-22(35)31(12-18(34)23(25,26)27)21(30-32)15-8-10-16(24)11-9-15/h4-11,14,18,34H,1,12-13,37H2,2-3H3/b7-6-,17-5+. The molecule has 0 saturated heterocycles. The Morgan fingerprint density at radius 3 is 2.54 bits per heavy atom. The Hall–Kier alpha value is -3.05. The van der Waals surface area contributed by atoms with Crippen molar-refractivity contribution in [3.05, 3.63) is 82.3 Å². The van der Waals surface area contributed by atoms with Crippen molar-refractivity contribution in [2.45, 2.75) is 45.3 Å². The first kappa shape index (κ1) is 28.5. The summed E-state index contributed by atoms with van der Waals surface area (Å²) in [5, 5.41) is 18.8. The highest BCUT2D eigenvalue weighted by molar-refractivity contribution is 7.09. The molecule has 0 bridgehead atoms. The van der Waals surface area contributed by atoms with Gasteiger partial charge in [0.2, 0.25) is 0 Å². The highest BCUT2D eigenvalue weighted by Crippen LogP contribution is 2.25. The van der Waals surface area contributed by atoms with Gasteiger partial charge in [0, 0.05) is 20.1 Å². The molecule has 2 aromatic heterocycles. The zero-order chi connectivity index (χ0) is 27.3. The fourth-order valence-corrected chi connectivity index (χ4v) is 3.58. The van der Waals surface area contributed by atoms with Gasteiger partial charge in [0.1, 0.15) is 12.6 Å². The topological polar surface area (TPSA) is 100.0 Å². The predicted octanol–water partition coefficient (Wildman–Crippen LogP) is 4.40. The molecule has 0 saturated carbocycles. The second-order valence-electron chi connectivity index (χ2n) is 7.82. The molecule has 2 heterocycles. The van der Waals surface area contributed by atoms with E-state index < -0.39 is 30.6 Å². The third-order valence-electron chi connectivity index (χ3n) is 5.24. The molecule has 0 amide bonds. The second-order valence-corrected chi connectivity index (χ2v) is 8.53. The Bertz CT molecular complexity index is 1360. The highest BCUT2D eigenvalue weighted by Gasteiger charge is 2.39. The van der Waals surface area contributed by atoms with E-state index in [1.807, 2.05) is 0 Å². The number of nitrogens with zero attached hydrogens (tertiary/aromatic N) is 6. The Kier molecular flexibility index (Phi) is 9.25. The van der Waals surface area contributed by atoms with E-state index in [2.05, 4.69) is 31.2 Å². The first-order valence-corrected chi connectivity index (χ1v) is 11.8. The maximum absolute atomic E-state index is 13.1. The van der Waals surface area contributed by atoms with E-state index in [4.69, 9.17) is 16.1 Å². The van der Waals surface area contributed by atoms with Gasteiger partial charge in [-0.25, -0.2) is 19.1 Å². The van der Waals surface area contributed by atoms with Gasteiger partial charge in [0.05, 0.1) is 12.2 Å². The van der Waals surface area contributed by atoms with Gasteiger partial charge in [-0.2, -0.15) is 13.2 Å². The molecule has 0 spiro atoms. The van der Waals surface area contributed by atoms with Crippen molar-refractivity contribution in [3.63, 3.8) is 0 Å². The molecule has 1 N–H and O–H groups in total. The molecule has 0 aliphatic rings. The van der Waals surface area contributed by atoms with Gasteiger partial charge < -0.3 is 9.63 Å². The van der Waals surface area contributed by atoms with Crippen LogP contribution >= 0.6 is 21.1 Å². The molecule has 0 aliphatic heterocycles. The Morgan fingerprint density at radius 2 is 1.97 bits per heavy atom. The van der Waals surface area contributed by atoms with Gasteiger partial charge in [-0.15, -0.1) is 10.2 Å². The van der Waals surface area contributed by atoms with Gasteiger partial charge in [0.25, 0.3) is 0 Å². The first-order valence-electron chi connectivity index (χ1n) is 11.0. The van der Waals surface area contributed by atoms with E-state index in [1.165, 1.54) is 28.9 Å². The number of rotatable bonds is 10. The Balaban J connectivity index is 2.09. The average molecular weight is 557 g/mol. The van der Waals surface area contributed by atoms with E-state index in [0.717, 1.165) is 9.25 Å². The van der Waals surface area contributed by atoms with Crippen molar-refractivity contribution >= 4 is 26.8 Å².